The van der Waals surface area contributed by atoms with Crippen LogP contribution in [0.1, 0.15) is 24.8 Å². The summed E-state index contributed by atoms with van der Waals surface area (Å²) in [4.78, 5) is 6.89. The van der Waals surface area contributed by atoms with Crippen LogP contribution in [0.4, 0.5) is 11.4 Å². The van der Waals surface area contributed by atoms with Gasteiger partial charge in [0.05, 0.1) is 17.8 Å². The van der Waals surface area contributed by atoms with E-state index in [2.05, 4.69) is 28.1 Å². The highest BCUT2D eigenvalue weighted by Crippen LogP contribution is 2.28. The Hall–Kier alpha value is -2.00. The Balaban J connectivity index is 1.83. The molecular formula is C19H21ClN2O. The molecule has 1 aliphatic heterocycles. The molecule has 1 heterocycles. The molecule has 0 saturated carbocycles. The van der Waals surface area contributed by atoms with Gasteiger partial charge in [0, 0.05) is 36.6 Å². The largest absolute Gasteiger partial charge is 0.496 e. The molecule has 2 aromatic rings. The van der Waals surface area contributed by atoms with Gasteiger partial charge in [-0.05, 0) is 43.5 Å². The summed E-state index contributed by atoms with van der Waals surface area (Å²) in [6.07, 6.45) is 5.66. The molecule has 0 aliphatic carbocycles. The zero-order chi connectivity index (χ0) is 16.1. The third kappa shape index (κ3) is 3.85. The van der Waals surface area contributed by atoms with Crippen molar-refractivity contribution in [1.29, 1.82) is 0 Å². The SMILES string of the molecule is COc1cc(N2CCCCC2)ccc1C=Nc1ccccc1Cl. The molecule has 3 rings (SSSR count). The Labute approximate surface area is 142 Å². The highest BCUT2D eigenvalue weighted by atomic mass is 35.5. The summed E-state index contributed by atoms with van der Waals surface area (Å²) < 4.78 is 5.54. The van der Waals surface area contributed by atoms with Crippen LogP contribution in [0.15, 0.2) is 47.5 Å². The highest BCUT2D eigenvalue weighted by Gasteiger charge is 2.12. The first kappa shape index (κ1) is 15.9. The van der Waals surface area contributed by atoms with E-state index in [0.717, 1.165) is 30.1 Å². The van der Waals surface area contributed by atoms with Crippen molar-refractivity contribution in [2.45, 2.75) is 19.3 Å². The molecule has 3 nitrogen and oxygen atoms in total. The first-order valence-electron chi connectivity index (χ1n) is 7.99. The van der Waals surface area contributed by atoms with E-state index >= 15 is 0 Å². The average molecular weight is 329 g/mol. The number of hydrogen-bond acceptors (Lipinski definition) is 3. The summed E-state index contributed by atoms with van der Waals surface area (Å²) in [6, 6.07) is 13.9. The van der Waals surface area contributed by atoms with Crippen LogP contribution in [-0.2, 0) is 0 Å². The van der Waals surface area contributed by atoms with Crippen LogP contribution in [0.3, 0.4) is 0 Å². The van der Waals surface area contributed by atoms with Gasteiger partial charge < -0.3 is 9.64 Å². The molecule has 23 heavy (non-hydrogen) atoms. The number of benzene rings is 2. The number of ether oxygens (including phenoxy) is 1. The van der Waals surface area contributed by atoms with Crippen molar-refractivity contribution in [2.75, 3.05) is 25.1 Å². The van der Waals surface area contributed by atoms with E-state index in [9.17, 15) is 0 Å². The molecule has 120 valence electrons. The molecule has 1 aliphatic rings. The number of anilines is 1. The lowest BCUT2D eigenvalue weighted by Crippen LogP contribution is -2.29. The Morgan fingerprint density at radius 3 is 2.61 bits per heavy atom. The van der Waals surface area contributed by atoms with E-state index < -0.39 is 0 Å². The van der Waals surface area contributed by atoms with E-state index in [0.29, 0.717) is 5.02 Å². The van der Waals surface area contributed by atoms with Crippen molar-refractivity contribution >= 4 is 29.2 Å². The van der Waals surface area contributed by atoms with Crippen LogP contribution < -0.4 is 9.64 Å². The molecule has 1 saturated heterocycles. The van der Waals surface area contributed by atoms with Gasteiger partial charge in [0.1, 0.15) is 5.75 Å². The fourth-order valence-electron chi connectivity index (χ4n) is 2.85. The number of nitrogens with zero attached hydrogens (tertiary/aromatic N) is 2. The van der Waals surface area contributed by atoms with Gasteiger partial charge in [-0.25, -0.2) is 0 Å². The first-order chi connectivity index (χ1) is 11.3. The van der Waals surface area contributed by atoms with Gasteiger partial charge in [-0.1, -0.05) is 23.7 Å². The Bertz CT molecular complexity index is 694. The molecule has 4 heteroatoms. The molecule has 0 aromatic heterocycles. The van der Waals surface area contributed by atoms with Gasteiger partial charge in [0.25, 0.3) is 0 Å². The van der Waals surface area contributed by atoms with Gasteiger partial charge in [0.15, 0.2) is 0 Å². The first-order valence-corrected chi connectivity index (χ1v) is 8.37. The lowest BCUT2D eigenvalue weighted by atomic mass is 10.1. The molecule has 0 radical (unpaired) electrons. The van der Waals surface area contributed by atoms with Crippen LogP contribution in [-0.4, -0.2) is 26.4 Å². The van der Waals surface area contributed by atoms with Crippen LogP contribution in [0.5, 0.6) is 5.75 Å². The zero-order valence-corrected chi connectivity index (χ0v) is 14.1. The smallest absolute Gasteiger partial charge is 0.129 e. The molecule has 0 N–H and O–H groups in total. The predicted octanol–water partition coefficient (Wildman–Crippen LogP) is 5.09. The minimum atomic E-state index is 0.646. The van der Waals surface area contributed by atoms with Gasteiger partial charge in [-0.3, -0.25) is 4.99 Å². The fraction of sp³-hybridized carbons (Fsp3) is 0.316. The minimum absolute atomic E-state index is 0.646. The van der Waals surface area contributed by atoms with Gasteiger partial charge in [-0.2, -0.15) is 0 Å². The lowest BCUT2D eigenvalue weighted by Gasteiger charge is -2.29. The summed E-state index contributed by atoms with van der Waals surface area (Å²) in [6.45, 7) is 2.24. The summed E-state index contributed by atoms with van der Waals surface area (Å²) >= 11 is 6.14. The van der Waals surface area contributed by atoms with E-state index in [-0.39, 0.29) is 0 Å². The molecule has 0 bridgehead atoms. The monoisotopic (exact) mass is 328 g/mol. The number of piperidine rings is 1. The second-order valence-electron chi connectivity index (χ2n) is 5.68. The number of methoxy groups -OCH3 is 1. The number of para-hydroxylation sites is 1. The third-order valence-corrected chi connectivity index (χ3v) is 4.45. The summed E-state index contributed by atoms with van der Waals surface area (Å²) in [5.41, 5.74) is 2.93. The number of rotatable bonds is 4. The summed E-state index contributed by atoms with van der Waals surface area (Å²) in [5, 5.41) is 0.646. The Morgan fingerprint density at radius 1 is 1.09 bits per heavy atom. The quantitative estimate of drug-likeness (QED) is 0.730. The lowest BCUT2D eigenvalue weighted by molar-refractivity contribution is 0.414. The maximum Gasteiger partial charge on any atom is 0.129 e. The standard InChI is InChI=1S/C19H21ClN2O/c1-23-19-13-16(22-11-5-2-6-12-22)10-9-15(19)14-21-18-8-4-3-7-17(18)20/h3-4,7-10,13-14H,2,5-6,11-12H2,1H3. The van der Waals surface area contributed by atoms with Crippen LogP contribution in [0.25, 0.3) is 0 Å². The normalized spacial score (nSPS) is 15.1. The number of aliphatic imine (C=N–C) groups is 1. The minimum Gasteiger partial charge on any atom is -0.496 e. The van der Waals surface area contributed by atoms with Crippen molar-refractivity contribution in [3.8, 4) is 5.75 Å². The Morgan fingerprint density at radius 2 is 1.87 bits per heavy atom. The Kier molecular flexibility index (Phi) is 5.19. The fourth-order valence-corrected chi connectivity index (χ4v) is 3.04. The van der Waals surface area contributed by atoms with Crippen LogP contribution in [0.2, 0.25) is 5.02 Å². The van der Waals surface area contributed by atoms with E-state index in [1.807, 2.05) is 24.3 Å². The molecule has 0 spiro atoms. The second-order valence-corrected chi connectivity index (χ2v) is 6.09. The maximum atomic E-state index is 6.14. The maximum absolute atomic E-state index is 6.14. The van der Waals surface area contributed by atoms with E-state index in [4.69, 9.17) is 16.3 Å². The summed E-state index contributed by atoms with van der Waals surface area (Å²) in [5.74, 6) is 0.837. The second kappa shape index (κ2) is 7.51. The van der Waals surface area contributed by atoms with E-state index in [1.165, 1.54) is 24.9 Å². The highest BCUT2D eigenvalue weighted by molar-refractivity contribution is 6.33. The molecule has 1 fully saturated rings. The van der Waals surface area contributed by atoms with Crippen molar-refractivity contribution in [3.63, 3.8) is 0 Å². The van der Waals surface area contributed by atoms with Gasteiger partial charge in [0.2, 0.25) is 0 Å². The van der Waals surface area contributed by atoms with Crippen LogP contribution in [0, 0.1) is 0 Å². The van der Waals surface area contributed by atoms with Crippen molar-refractivity contribution in [2.24, 2.45) is 4.99 Å². The summed E-state index contributed by atoms with van der Waals surface area (Å²) in [7, 11) is 1.70. The molecular weight excluding hydrogens is 308 g/mol. The van der Waals surface area contributed by atoms with Gasteiger partial charge in [-0.15, -0.1) is 0 Å². The van der Waals surface area contributed by atoms with E-state index in [1.54, 1.807) is 13.3 Å². The van der Waals surface area contributed by atoms with Gasteiger partial charge >= 0.3 is 0 Å². The van der Waals surface area contributed by atoms with Crippen molar-refractivity contribution < 1.29 is 4.74 Å². The molecule has 0 unspecified atom stereocenters. The topological polar surface area (TPSA) is 24.8 Å². The van der Waals surface area contributed by atoms with Crippen molar-refractivity contribution in [1.82, 2.24) is 0 Å². The molecule has 2 aromatic carbocycles. The zero-order valence-electron chi connectivity index (χ0n) is 13.3. The molecule has 0 atom stereocenters. The molecule has 0 amide bonds. The number of halogens is 1. The number of hydrogen-bond donors (Lipinski definition) is 0. The third-order valence-electron chi connectivity index (χ3n) is 4.13. The van der Waals surface area contributed by atoms with Crippen molar-refractivity contribution in [3.05, 3.63) is 53.1 Å². The predicted molar refractivity (Wildman–Crippen MR) is 97.8 cm³/mol. The average Bonchev–Trinajstić information content (AvgIpc) is 2.61. The van der Waals surface area contributed by atoms with Crippen LogP contribution >= 0.6 is 11.6 Å².